The lowest BCUT2D eigenvalue weighted by atomic mass is 9.87. The Morgan fingerprint density at radius 1 is 1.17 bits per heavy atom. The van der Waals surface area contributed by atoms with E-state index >= 15 is 0 Å². The van der Waals surface area contributed by atoms with Crippen LogP contribution in [0.15, 0.2) is 60.1 Å². The van der Waals surface area contributed by atoms with Crippen LogP contribution >= 0.6 is 11.3 Å². The molecule has 1 aliphatic rings. The molecular weight excluding hydrogens is 316 g/mol. The first-order valence-corrected chi connectivity index (χ1v) is 9.08. The summed E-state index contributed by atoms with van der Waals surface area (Å²) in [6.45, 7) is 0. The van der Waals surface area contributed by atoms with Crippen LogP contribution in [0.25, 0.3) is 10.6 Å². The van der Waals surface area contributed by atoms with E-state index in [1.54, 1.807) is 23.6 Å². The van der Waals surface area contributed by atoms with E-state index in [0.29, 0.717) is 5.56 Å². The fourth-order valence-corrected chi connectivity index (χ4v) is 3.97. The molecule has 0 aliphatic heterocycles. The maximum Gasteiger partial charge on any atom is 0.251 e. The first-order valence-electron chi connectivity index (χ1n) is 8.20. The topological polar surface area (TPSA) is 42.0 Å². The van der Waals surface area contributed by atoms with E-state index < -0.39 is 0 Å². The molecule has 3 aromatic rings. The minimum Gasteiger partial charge on any atom is -0.345 e. The van der Waals surface area contributed by atoms with Crippen LogP contribution < -0.4 is 5.32 Å². The second-order valence-corrected chi connectivity index (χ2v) is 6.97. The third-order valence-corrected chi connectivity index (χ3v) is 5.36. The molecule has 0 radical (unpaired) electrons. The first-order chi connectivity index (χ1) is 11.8. The molecule has 1 N–H and O–H groups in total. The molecule has 3 nitrogen and oxygen atoms in total. The third kappa shape index (κ3) is 2.97. The number of hydrogen-bond donors (Lipinski definition) is 1. The largest absolute Gasteiger partial charge is 0.345 e. The number of thiophene rings is 1. The van der Waals surface area contributed by atoms with Gasteiger partial charge in [-0.05, 0) is 54.0 Å². The quantitative estimate of drug-likeness (QED) is 0.759. The van der Waals surface area contributed by atoms with Gasteiger partial charge in [-0.1, -0.05) is 30.3 Å². The van der Waals surface area contributed by atoms with Gasteiger partial charge in [0.15, 0.2) is 0 Å². The van der Waals surface area contributed by atoms with Crippen molar-refractivity contribution < 1.29 is 4.79 Å². The van der Waals surface area contributed by atoms with Gasteiger partial charge in [-0.3, -0.25) is 9.78 Å². The third-order valence-electron chi connectivity index (χ3n) is 4.47. The molecule has 4 heteroatoms. The predicted molar refractivity (Wildman–Crippen MR) is 97.1 cm³/mol. The van der Waals surface area contributed by atoms with Crippen LogP contribution in [-0.2, 0) is 6.42 Å². The number of carbonyl (C=O) groups is 1. The molecule has 4 rings (SSSR count). The summed E-state index contributed by atoms with van der Waals surface area (Å²) < 4.78 is 0. The number of aromatic nitrogens is 1. The summed E-state index contributed by atoms with van der Waals surface area (Å²) in [5.74, 6) is -0.0306. The van der Waals surface area contributed by atoms with E-state index in [0.717, 1.165) is 29.8 Å². The van der Waals surface area contributed by atoms with Crippen LogP contribution in [0.3, 0.4) is 0 Å². The van der Waals surface area contributed by atoms with Gasteiger partial charge in [-0.25, -0.2) is 0 Å². The number of benzene rings is 1. The molecule has 1 atom stereocenters. The van der Waals surface area contributed by atoms with Crippen molar-refractivity contribution in [3.63, 3.8) is 0 Å². The highest BCUT2D eigenvalue weighted by molar-refractivity contribution is 7.13. The average molecular weight is 334 g/mol. The Balaban J connectivity index is 1.56. The summed E-state index contributed by atoms with van der Waals surface area (Å²) >= 11 is 1.63. The van der Waals surface area contributed by atoms with Crippen molar-refractivity contribution in [2.24, 2.45) is 0 Å². The van der Waals surface area contributed by atoms with E-state index in [1.807, 2.05) is 29.6 Å². The maximum absolute atomic E-state index is 12.7. The van der Waals surface area contributed by atoms with Crippen LogP contribution in [0.5, 0.6) is 0 Å². The highest BCUT2D eigenvalue weighted by Crippen LogP contribution is 2.30. The van der Waals surface area contributed by atoms with Gasteiger partial charge in [0, 0.05) is 11.8 Å². The monoisotopic (exact) mass is 334 g/mol. The predicted octanol–water partition coefficient (Wildman–Crippen LogP) is 4.62. The molecule has 0 bridgehead atoms. The summed E-state index contributed by atoms with van der Waals surface area (Å²) in [5.41, 5.74) is 4.12. The minimum absolute atomic E-state index is 0.0306. The van der Waals surface area contributed by atoms with Crippen LogP contribution in [0.4, 0.5) is 0 Å². The number of amides is 1. The standard InChI is InChI=1S/C20H18N2OS/c23-20(15-10-11-21-18(13-15)19-9-4-12-24-19)22-17-8-3-6-14-5-1-2-7-16(14)17/h1-2,4-5,7,9-13,17H,3,6,8H2,(H,22,23). The van der Waals surface area contributed by atoms with Gasteiger partial charge in [-0.2, -0.15) is 0 Å². The number of carbonyl (C=O) groups excluding carboxylic acids is 1. The molecule has 0 saturated heterocycles. The SMILES string of the molecule is O=C(NC1CCCc2ccccc21)c1ccnc(-c2cccs2)c1. The van der Waals surface area contributed by atoms with Crippen molar-refractivity contribution >= 4 is 17.2 Å². The summed E-state index contributed by atoms with van der Waals surface area (Å²) in [7, 11) is 0. The fourth-order valence-electron chi connectivity index (χ4n) is 3.28. The fraction of sp³-hybridized carbons (Fsp3) is 0.200. The first kappa shape index (κ1) is 15.1. The Morgan fingerprint density at radius 2 is 2.08 bits per heavy atom. The Bertz CT molecular complexity index is 858. The summed E-state index contributed by atoms with van der Waals surface area (Å²) in [4.78, 5) is 18.2. The lowest BCUT2D eigenvalue weighted by molar-refractivity contribution is 0.0932. The Kier molecular flexibility index (Phi) is 4.13. The number of nitrogens with zero attached hydrogens (tertiary/aromatic N) is 1. The van der Waals surface area contributed by atoms with Gasteiger partial charge in [0.2, 0.25) is 0 Å². The van der Waals surface area contributed by atoms with Gasteiger partial charge in [-0.15, -0.1) is 11.3 Å². The minimum atomic E-state index is -0.0306. The molecule has 2 heterocycles. The molecule has 1 unspecified atom stereocenters. The van der Waals surface area contributed by atoms with Crippen LogP contribution in [0, 0.1) is 0 Å². The van der Waals surface area contributed by atoms with Crippen molar-refractivity contribution in [2.75, 3.05) is 0 Å². The maximum atomic E-state index is 12.7. The van der Waals surface area contributed by atoms with Crippen LogP contribution in [-0.4, -0.2) is 10.9 Å². The summed E-state index contributed by atoms with van der Waals surface area (Å²) in [6, 6.07) is 16.2. The molecule has 2 aromatic heterocycles. The molecule has 1 aromatic carbocycles. The molecule has 0 fully saturated rings. The zero-order valence-corrected chi connectivity index (χ0v) is 14.1. The zero-order valence-electron chi connectivity index (χ0n) is 13.2. The van der Waals surface area contributed by atoms with Gasteiger partial charge in [0.05, 0.1) is 16.6 Å². The average Bonchev–Trinajstić information content (AvgIpc) is 3.17. The van der Waals surface area contributed by atoms with Crippen molar-refractivity contribution in [3.8, 4) is 10.6 Å². The zero-order chi connectivity index (χ0) is 16.4. The van der Waals surface area contributed by atoms with Crippen molar-refractivity contribution in [1.29, 1.82) is 0 Å². The lowest BCUT2D eigenvalue weighted by Gasteiger charge is -2.26. The van der Waals surface area contributed by atoms with E-state index in [1.165, 1.54) is 11.1 Å². The Labute approximate surface area is 145 Å². The number of pyridine rings is 1. The van der Waals surface area contributed by atoms with Crippen LogP contribution in [0.1, 0.15) is 40.4 Å². The van der Waals surface area contributed by atoms with Gasteiger partial charge in [0.25, 0.3) is 5.91 Å². The van der Waals surface area contributed by atoms with Crippen molar-refractivity contribution in [1.82, 2.24) is 10.3 Å². The lowest BCUT2D eigenvalue weighted by Crippen LogP contribution is -2.31. The van der Waals surface area contributed by atoms with E-state index in [9.17, 15) is 4.79 Å². The second-order valence-electron chi connectivity index (χ2n) is 6.02. The number of nitrogens with one attached hydrogen (secondary N) is 1. The number of hydrogen-bond acceptors (Lipinski definition) is 3. The number of fused-ring (bicyclic) bond motifs is 1. The van der Waals surface area contributed by atoms with E-state index in [2.05, 4.69) is 28.5 Å². The van der Waals surface area contributed by atoms with E-state index in [-0.39, 0.29) is 11.9 Å². The van der Waals surface area contributed by atoms with E-state index in [4.69, 9.17) is 0 Å². The highest BCUT2D eigenvalue weighted by atomic mass is 32.1. The van der Waals surface area contributed by atoms with Crippen molar-refractivity contribution in [2.45, 2.75) is 25.3 Å². The van der Waals surface area contributed by atoms with Crippen molar-refractivity contribution in [3.05, 3.63) is 76.8 Å². The molecule has 0 saturated carbocycles. The number of aryl methyl sites for hydroxylation is 1. The molecule has 24 heavy (non-hydrogen) atoms. The van der Waals surface area contributed by atoms with Gasteiger partial charge >= 0.3 is 0 Å². The summed E-state index contributed by atoms with van der Waals surface area (Å²) in [6.07, 6.45) is 4.91. The molecular formula is C20H18N2OS. The van der Waals surface area contributed by atoms with Gasteiger partial charge in [0.1, 0.15) is 0 Å². The van der Waals surface area contributed by atoms with Gasteiger partial charge < -0.3 is 5.32 Å². The summed E-state index contributed by atoms with van der Waals surface area (Å²) in [5, 5.41) is 5.22. The number of rotatable bonds is 3. The second kappa shape index (κ2) is 6.57. The molecule has 120 valence electrons. The van der Waals surface area contributed by atoms with Crippen LogP contribution in [0.2, 0.25) is 0 Å². The molecule has 0 spiro atoms. The highest BCUT2D eigenvalue weighted by Gasteiger charge is 2.22. The Morgan fingerprint density at radius 3 is 2.96 bits per heavy atom. The smallest absolute Gasteiger partial charge is 0.251 e. The Hall–Kier alpha value is -2.46. The molecule has 1 amide bonds. The normalized spacial score (nSPS) is 16.4. The molecule has 1 aliphatic carbocycles.